The maximum Gasteiger partial charge on any atom is 0.228 e. The molecule has 4 heterocycles. The molecule has 136 valence electrons. The molecule has 0 aromatic carbocycles. The molecular formula is C18H23N7O. The molecule has 26 heavy (non-hydrogen) atoms. The lowest BCUT2D eigenvalue weighted by Crippen LogP contribution is -2.57. The molecule has 2 N–H and O–H groups in total. The minimum absolute atomic E-state index is 0.505. The molecule has 0 saturated carbocycles. The number of methoxy groups -OCH3 is 1. The van der Waals surface area contributed by atoms with E-state index in [-0.39, 0.29) is 0 Å². The molecule has 1 aliphatic rings. The van der Waals surface area contributed by atoms with Crippen molar-refractivity contribution in [1.82, 2.24) is 29.6 Å². The molecule has 4 rings (SSSR count). The Morgan fingerprint density at radius 3 is 2.96 bits per heavy atom. The highest BCUT2D eigenvalue weighted by molar-refractivity contribution is 5.55. The third-order valence-electron chi connectivity index (χ3n) is 4.68. The zero-order valence-corrected chi connectivity index (χ0v) is 15.0. The maximum absolute atomic E-state index is 5.42. The van der Waals surface area contributed by atoms with Crippen LogP contribution in [0.3, 0.4) is 0 Å². The number of hydrogen-bond donors (Lipinski definition) is 2. The van der Waals surface area contributed by atoms with E-state index >= 15 is 0 Å². The fraction of sp³-hybridized carbons (Fsp3) is 0.389. The highest BCUT2D eigenvalue weighted by atomic mass is 16.5. The summed E-state index contributed by atoms with van der Waals surface area (Å²) in [6.07, 6.45) is 5.38. The Morgan fingerprint density at radius 2 is 2.15 bits per heavy atom. The molecule has 0 amide bonds. The van der Waals surface area contributed by atoms with Crippen molar-refractivity contribution in [2.45, 2.75) is 19.5 Å². The molecule has 0 bridgehead atoms. The standard InChI is InChI=1S/C18H23N7O/c1-3-24-11-13(12-24)20-9-14-15(26-2)10-21-18(22-14)23-17-6-4-5-16-19-7-8-25(16)17/h4-8,10,13,20H,3,9,11-12H2,1-2H3,(H,21,22,23). The van der Waals surface area contributed by atoms with Crippen LogP contribution in [0.1, 0.15) is 12.6 Å². The van der Waals surface area contributed by atoms with Gasteiger partial charge >= 0.3 is 0 Å². The van der Waals surface area contributed by atoms with E-state index < -0.39 is 0 Å². The number of likely N-dealkylation sites (tertiary alicyclic amines) is 1. The molecule has 0 unspecified atom stereocenters. The van der Waals surface area contributed by atoms with Crippen LogP contribution in [0.2, 0.25) is 0 Å². The Bertz CT molecular complexity index is 888. The van der Waals surface area contributed by atoms with Crippen LogP contribution in [0, 0.1) is 0 Å². The van der Waals surface area contributed by atoms with Gasteiger partial charge < -0.3 is 20.3 Å². The number of nitrogens with one attached hydrogen (secondary N) is 2. The van der Waals surface area contributed by atoms with E-state index in [1.54, 1.807) is 19.5 Å². The fourth-order valence-electron chi connectivity index (χ4n) is 3.13. The van der Waals surface area contributed by atoms with Crippen LogP contribution in [0.4, 0.5) is 11.8 Å². The van der Waals surface area contributed by atoms with Crippen molar-refractivity contribution in [2.24, 2.45) is 0 Å². The van der Waals surface area contributed by atoms with Crippen LogP contribution in [0.25, 0.3) is 5.65 Å². The number of pyridine rings is 1. The van der Waals surface area contributed by atoms with Gasteiger partial charge in [0.2, 0.25) is 5.95 Å². The lowest BCUT2D eigenvalue weighted by atomic mass is 10.1. The van der Waals surface area contributed by atoms with Gasteiger partial charge in [0.1, 0.15) is 17.2 Å². The number of rotatable bonds is 7. The van der Waals surface area contributed by atoms with Crippen molar-refractivity contribution in [3.05, 3.63) is 42.5 Å². The van der Waals surface area contributed by atoms with E-state index in [4.69, 9.17) is 4.74 Å². The largest absolute Gasteiger partial charge is 0.493 e. The molecule has 8 nitrogen and oxygen atoms in total. The zero-order valence-electron chi connectivity index (χ0n) is 15.0. The average Bonchev–Trinajstić information content (AvgIpc) is 3.11. The molecule has 1 saturated heterocycles. The van der Waals surface area contributed by atoms with Crippen molar-refractivity contribution < 1.29 is 4.74 Å². The third kappa shape index (κ3) is 3.33. The van der Waals surface area contributed by atoms with Crippen molar-refractivity contribution in [1.29, 1.82) is 0 Å². The highest BCUT2D eigenvalue weighted by Crippen LogP contribution is 2.20. The summed E-state index contributed by atoms with van der Waals surface area (Å²) in [5.74, 6) is 2.09. The van der Waals surface area contributed by atoms with E-state index in [0.29, 0.717) is 24.3 Å². The molecule has 8 heteroatoms. The lowest BCUT2D eigenvalue weighted by Gasteiger charge is -2.39. The first-order valence-corrected chi connectivity index (χ1v) is 8.81. The molecule has 3 aromatic heterocycles. The fourth-order valence-corrected chi connectivity index (χ4v) is 3.13. The van der Waals surface area contributed by atoms with Gasteiger partial charge in [-0.25, -0.2) is 15.0 Å². The summed E-state index contributed by atoms with van der Waals surface area (Å²) in [6.45, 7) is 6.10. The number of fused-ring (bicyclic) bond motifs is 1. The molecule has 0 spiro atoms. The maximum atomic E-state index is 5.42. The number of likely N-dealkylation sites (N-methyl/N-ethyl adjacent to an activating group) is 1. The predicted octanol–water partition coefficient (Wildman–Crippen LogP) is 1.67. The molecule has 0 radical (unpaired) electrons. The quantitative estimate of drug-likeness (QED) is 0.669. The third-order valence-corrected chi connectivity index (χ3v) is 4.68. The number of anilines is 2. The number of nitrogens with zero attached hydrogens (tertiary/aromatic N) is 5. The summed E-state index contributed by atoms with van der Waals surface area (Å²) in [6, 6.07) is 6.37. The van der Waals surface area contributed by atoms with Gasteiger partial charge in [0.25, 0.3) is 0 Å². The van der Waals surface area contributed by atoms with Gasteiger partial charge in [-0.15, -0.1) is 0 Å². The second kappa shape index (κ2) is 7.27. The summed E-state index contributed by atoms with van der Waals surface area (Å²) in [4.78, 5) is 15.7. The second-order valence-corrected chi connectivity index (χ2v) is 6.33. The topological polar surface area (TPSA) is 79.6 Å². The summed E-state index contributed by atoms with van der Waals surface area (Å²) in [5, 5.41) is 6.80. The highest BCUT2D eigenvalue weighted by Gasteiger charge is 2.24. The minimum atomic E-state index is 0.505. The van der Waals surface area contributed by atoms with Gasteiger partial charge in [-0.2, -0.15) is 0 Å². The van der Waals surface area contributed by atoms with E-state index in [2.05, 4.69) is 37.4 Å². The molecule has 1 aliphatic heterocycles. The van der Waals surface area contributed by atoms with Gasteiger partial charge in [-0.05, 0) is 18.7 Å². The van der Waals surface area contributed by atoms with E-state index in [1.165, 1.54) is 0 Å². The number of ether oxygens (including phenoxy) is 1. The monoisotopic (exact) mass is 353 g/mol. The van der Waals surface area contributed by atoms with Crippen LogP contribution in [0.5, 0.6) is 5.75 Å². The Balaban J connectivity index is 1.49. The first kappa shape index (κ1) is 16.7. The number of imidazole rings is 1. The molecule has 0 aliphatic carbocycles. The first-order valence-electron chi connectivity index (χ1n) is 8.81. The molecule has 1 fully saturated rings. The van der Waals surface area contributed by atoms with Crippen molar-refractivity contribution in [3.8, 4) is 5.75 Å². The van der Waals surface area contributed by atoms with Crippen LogP contribution >= 0.6 is 0 Å². The lowest BCUT2D eigenvalue weighted by molar-refractivity contribution is 0.132. The Labute approximate surface area is 152 Å². The van der Waals surface area contributed by atoms with Crippen LogP contribution in [0.15, 0.2) is 36.8 Å². The summed E-state index contributed by atoms with van der Waals surface area (Å²) in [7, 11) is 1.64. The summed E-state index contributed by atoms with van der Waals surface area (Å²) in [5.41, 5.74) is 1.72. The van der Waals surface area contributed by atoms with E-state index in [1.807, 2.05) is 28.8 Å². The Kier molecular flexibility index (Phi) is 4.68. The van der Waals surface area contributed by atoms with Gasteiger partial charge in [0.15, 0.2) is 5.75 Å². The van der Waals surface area contributed by atoms with Gasteiger partial charge in [0, 0.05) is 38.1 Å². The van der Waals surface area contributed by atoms with Crippen LogP contribution in [-0.2, 0) is 6.54 Å². The van der Waals surface area contributed by atoms with E-state index in [9.17, 15) is 0 Å². The Morgan fingerprint density at radius 1 is 1.27 bits per heavy atom. The summed E-state index contributed by atoms with van der Waals surface area (Å²) < 4.78 is 7.37. The number of hydrogen-bond acceptors (Lipinski definition) is 7. The SMILES string of the molecule is CCN1CC(NCc2nc(Nc3cccc4nccn34)ncc2OC)C1. The van der Waals surface area contributed by atoms with Crippen molar-refractivity contribution in [2.75, 3.05) is 32.1 Å². The van der Waals surface area contributed by atoms with Crippen molar-refractivity contribution >= 4 is 17.4 Å². The predicted molar refractivity (Wildman–Crippen MR) is 99.8 cm³/mol. The van der Waals surface area contributed by atoms with Gasteiger partial charge in [-0.3, -0.25) is 4.40 Å². The normalized spacial score (nSPS) is 15.2. The summed E-state index contributed by atoms with van der Waals surface area (Å²) >= 11 is 0. The first-order chi connectivity index (χ1) is 12.8. The second-order valence-electron chi connectivity index (χ2n) is 6.33. The van der Waals surface area contributed by atoms with Gasteiger partial charge in [0.05, 0.1) is 13.3 Å². The smallest absolute Gasteiger partial charge is 0.228 e. The van der Waals surface area contributed by atoms with Crippen LogP contribution < -0.4 is 15.4 Å². The van der Waals surface area contributed by atoms with E-state index in [0.717, 1.165) is 36.8 Å². The van der Waals surface area contributed by atoms with Gasteiger partial charge in [-0.1, -0.05) is 13.0 Å². The minimum Gasteiger partial charge on any atom is -0.493 e. The van der Waals surface area contributed by atoms with Crippen molar-refractivity contribution in [3.63, 3.8) is 0 Å². The molecule has 3 aromatic rings. The molecule has 0 atom stereocenters. The molecular weight excluding hydrogens is 330 g/mol. The Hall–Kier alpha value is -2.71. The van der Waals surface area contributed by atoms with Crippen LogP contribution in [-0.4, -0.2) is 57.0 Å². The zero-order chi connectivity index (χ0) is 17.9. The number of aromatic nitrogens is 4. The average molecular weight is 353 g/mol.